The maximum atomic E-state index is 5.43. The molecule has 80 valence electrons. The standard InChI is InChI=1S/C10H13N3O2/c1-8-4-12-10(5-11-8)7-14-6-9-2-3-15-13-9/h4-5H,2-3,6-7H2,1H3. The lowest BCUT2D eigenvalue weighted by molar-refractivity contribution is 0.151. The lowest BCUT2D eigenvalue weighted by atomic mass is 10.3. The Balaban J connectivity index is 1.75. The van der Waals surface area contributed by atoms with Crippen LogP contribution in [0.25, 0.3) is 0 Å². The Kier molecular flexibility index (Phi) is 3.24. The summed E-state index contributed by atoms with van der Waals surface area (Å²) in [5, 5.41) is 3.84. The third kappa shape index (κ3) is 2.99. The maximum absolute atomic E-state index is 5.43. The van der Waals surface area contributed by atoms with Crippen molar-refractivity contribution >= 4 is 5.71 Å². The molecule has 2 rings (SSSR count). The number of ether oxygens (including phenoxy) is 1. The molecule has 5 heteroatoms. The lowest BCUT2D eigenvalue weighted by Crippen LogP contribution is -2.07. The quantitative estimate of drug-likeness (QED) is 0.741. The third-order valence-corrected chi connectivity index (χ3v) is 2.03. The maximum Gasteiger partial charge on any atom is 0.122 e. The van der Waals surface area contributed by atoms with Gasteiger partial charge in [-0.15, -0.1) is 0 Å². The van der Waals surface area contributed by atoms with E-state index in [1.165, 1.54) is 0 Å². The second-order valence-corrected chi connectivity index (χ2v) is 3.38. The van der Waals surface area contributed by atoms with Gasteiger partial charge in [-0.05, 0) is 6.92 Å². The topological polar surface area (TPSA) is 56.6 Å². The average Bonchev–Trinajstić information content (AvgIpc) is 2.74. The molecule has 0 aromatic carbocycles. The summed E-state index contributed by atoms with van der Waals surface area (Å²) in [5.41, 5.74) is 2.70. The van der Waals surface area contributed by atoms with Crippen LogP contribution in [0.2, 0.25) is 0 Å². The van der Waals surface area contributed by atoms with E-state index < -0.39 is 0 Å². The number of aromatic nitrogens is 2. The molecule has 0 spiro atoms. The van der Waals surface area contributed by atoms with Gasteiger partial charge in [-0.1, -0.05) is 5.16 Å². The van der Waals surface area contributed by atoms with Crippen molar-refractivity contribution in [3.05, 3.63) is 23.8 Å². The molecule has 0 radical (unpaired) electrons. The summed E-state index contributed by atoms with van der Waals surface area (Å²) in [6.45, 7) is 3.55. The summed E-state index contributed by atoms with van der Waals surface area (Å²) in [5.74, 6) is 0. The fourth-order valence-corrected chi connectivity index (χ4v) is 1.21. The van der Waals surface area contributed by atoms with Crippen LogP contribution in [-0.4, -0.2) is 28.9 Å². The first kappa shape index (κ1) is 10.0. The van der Waals surface area contributed by atoms with E-state index in [1.807, 2.05) is 6.92 Å². The summed E-state index contributed by atoms with van der Waals surface area (Å²) < 4.78 is 5.43. The Morgan fingerprint density at radius 3 is 2.93 bits per heavy atom. The number of oxime groups is 1. The van der Waals surface area contributed by atoms with Crippen LogP contribution in [0.4, 0.5) is 0 Å². The molecule has 5 nitrogen and oxygen atoms in total. The van der Waals surface area contributed by atoms with Gasteiger partial charge in [0.25, 0.3) is 0 Å². The van der Waals surface area contributed by atoms with E-state index in [-0.39, 0.29) is 0 Å². The van der Waals surface area contributed by atoms with E-state index in [0.29, 0.717) is 19.8 Å². The zero-order valence-electron chi connectivity index (χ0n) is 8.64. The monoisotopic (exact) mass is 207 g/mol. The van der Waals surface area contributed by atoms with Crippen LogP contribution >= 0.6 is 0 Å². The van der Waals surface area contributed by atoms with Crippen LogP contribution < -0.4 is 0 Å². The van der Waals surface area contributed by atoms with Gasteiger partial charge in [0.2, 0.25) is 0 Å². The Bertz CT molecular complexity index is 348. The van der Waals surface area contributed by atoms with E-state index in [0.717, 1.165) is 23.5 Å². The van der Waals surface area contributed by atoms with Gasteiger partial charge in [0.1, 0.15) is 6.61 Å². The molecule has 1 aliphatic heterocycles. The van der Waals surface area contributed by atoms with Crippen molar-refractivity contribution in [1.29, 1.82) is 0 Å². The molecule has 0 N–H and O–H groups in total. The largest absolute Gasteiger partial charge is 0.395 e. The number of nitrogens with zero attached hydrogens (tertiary/aromatic N) is 3. The van der Waals surface area contributed by atoms with E-state index in [4.69, 9.17) is 9.57 Å². The highest BCUT2D eigenvalue weighted by Crippen LogP contribution is 2.02. The number of hydrogen-bond acceptors (Lipinski definition) is 5. The summed E-state index contributed by atoms with van der Waals surface area (Å²) in [6, 6.07) is 0. The van der Waals surface area contributed by atoms with Crippen LogP contribution in [0.15, 0.2) is 17.5 Å². The molecule has 0 bridgehead atoms. The average molecular weight is 207 g/mol. The lowest BCUT2D eigenvalue weighted by Gasteiger charge is -2.02. The molecule has 0 atom stereocenters. The van der Waals surface area contributed by atoms with Gasteiger partial charge in [0.15, 0.2) is 0 Å². The van der Waals surface area contributed by atoms with E-state index >= 15 is 0 Å². The molecule has 0 saturated carbocycles. The minimum Gasteiger partial charge on any atom is -0.395 e. The van der Waals surface area contributed by atoms with E-state index in [1.54, 1.807) is 12.4 Å². The Morgan fingerprint density at radius 1 is 1.33 bits per heavy atom. The van der Waals surface area contributed by atoms with E-state index in [9.17, 15) is 0 Å². The molecule has 1 aromatic rings. The van der Waals surface area contributed by atoms with Gasteiger partial charge in [-0.3, -0.25) is 9.97 Å². The Labute approximate surface area is 88.1 Å². The Morgan fingerprint density at radius 2 is 2.27 bits per heavy atom. The summed E-state index contributed by atoms with van der Waals surface area (Å²) in [6.07, 6.45) is 4.32. The van der Waals surface area contributed by atoms with Crippen molar-refractivity contribution in [2.45, 2.75) is 20.0 Å². The minimum absolute atomic E-state index is 0.465. The molecule has 1 aromatic heterocycles. The highest BCUT2D eigenvalue weighted by Gasteiger charge is 2.07. The second-order valence-electron chi connectivity index (χ2n) is 3.38. The van der Waals surface area contributed by atoms with Crippen molar-refractivity contribution in [3.8, 4) is 0 Å². The molecule has 0 unspecified atom stereocenters. The number of aryl methyl sites for hydroxylation is 1. The van der Waals surface area contributed by atoms with Crippen LogP contribution in [-0.2, 0) is 16.2 Å². The van der Waals surface area contributed by atoms with Gasteiger partial charge in [0, 0.05) is 12.6 Å². The fraction of sp³-hybridized carbons (Fsp3) is 0.500. The predicted molar refractivity (Wildman–Crippen MR) is 54.4 cm³/mol. The molecule has 0 fully saturated rings. The second kappa shape index (κ2) is 4.84. The molecule has 1 aliphatic rings. The molecule has 15 heavy (non-hydrogen) atoms. The first-order valence-electron chi connectivity index (χ1n) is 4.87. The van der Waals surface area contributed by atoms with Gasteiger partial charge < -0.3 is 9.57 Å². The zero-order chi connectivity index (χ0) is 10.5. The molecular formula is C10H13N3O2. The number of hydrogen-bond donors (Lipinski definition) is 0. The Hall–Kier alpha value is -1.49. The number of rotatable bonds is 4. The molecular weight excluding hydrogens is 194 g/mol. The van der Waals surface area contributed by atoms with E-state index in [2.05, 4.69) is 15.1 Å². The fourth-order valence-electron chi connectivity index (χ4n) is 1.21. The van der Waals surface area contributed by atoms with Crippen LogP contribution in [0.3, 0.4) is 0 Å². The van der Waals surface area contributed by atoms with Gasteiger partial charge in [-0.25, -0.2) is 0 Å². The zero-order valence-corrected chi connectivity index (χ0v) is 8.64. The third-order valence-electron chi connectivity index (χ3n) is 2.03. The van der Waals surface area contributed by atoms with Crippen molar-refractivity contribution in [2.75, 3.05) is 13.2 Å². The van der Waals surface area contributed by atoms with Crippen LogP contribution in [0.5, 0.6) is 0 Å². The predicted octanol–water partition coefficient (Wildman–Crippen LogP) is 1.08. The first-order valence-corrected chi connectivity index (χ1v) is 4.87. The highest BCUT2D eigenvalue weighted by molar-refractivity contribution is 5.86. The van der Waals surface area contributed by atoms with Gasteiger partial charge in [0.05, 0.1) is 36.5 Å². The summed E-state index contributed by atoms with van der Waals surface area (Å²) >= 11 is 0. The minimum atomic E-state index is 0.465. The first-order chi connectivity index (χ1) is 7.34. The van der Waals surface area contributed by atoms with Crippen molar-refractivity contribution in [3.63, 3.8) is 0 Å². The molecule has 0 saturated heterocycles. The highest BCUT2D eigenvalue weighted by atomic mass is 16.6. The van der Waals surface area contributed by atoms with Crippen molar-refractivity contribution in [2.24, 2.45) is 5.16 Å². The summed E-state index contributed by atoms with van der Waals surface area (Å²) in [4.78, 5) is 13.2. The van der Waals surface area contributed by atoms with Crippen LogP contribution in [0.1, 0.15) is 17.8 Å². The van der Waals surface area contributed by atoms with Crippen molar-refractivity contribution in [1.82, 2.24) is 9.97 Å². The molecule has 2 heterocycles. The SMILES string of the molecule is Cc1cnc(COCC2=NOCC2)cn1. The summed E-state index contributed by atoms with van der Waals surface area (Å²) in [7, 11) is 0. The normalized spacial score (nSPS) is 14.9. The smallest absolute Gasteiger partial charge is 0.122 e. The molecule has 0 amide bonds. The van der Waals surface area contributed by atoms with Crippen molar-refractivity contribution < 1.29 is 9.57 Å². The van der Waals surface area contributed by atoms with Crippen LogP contribution in [0, 0.1) is 6.92 Å². The molecule has 0 aliphatic carbocycles. The van der Waals surface area contributed by atoms with Gasteiger partial charge in [-0.2, -0.15) is 0 Å². The van der Waals surface area contributed by atoms with Gasteiger partial charge >= 0.3 is 0 Å².